The number of halogens is 1. The average molecular weight is 491 g/mol. The van der Waals surface area contributed by atoms with Crippen LogP contribution in [0.4, 0.5) is 0 Å². The quantitative estimate of drug-likeness (QED) is 0.356. The maximum Gasteiger partial charge on any atom is 0.191 e. The number of guanidine groups is 1. The van der Waals surface area contributed by atoms with Crippen LogP contribution in [0.1, 0.15) is 45.3 Å². The monoisotopic (exact) mass is 491 g/mol. The molecule has 2 aliphatic rings. The molecule has 2 aliphatic heterocycles. The predicted octanol–water partition coefficient (Wildman–Crippen LogP) is 1.40. The minimum absolute atomic E-state index is 0. The Labute approximate surface area is 179 Å². The first-order valence-corrected chi connectivity index (χ1v) is 9.86. The number of ether oxygens (including phenoxy) is 1. The highest BCUT2D eigenvalue weighted by atomic mass is 127. The van der Waals surface area contributed by atoms with Crippen molar-refractivity contribution in [1.29, 1.82) is 0 Å². The zero-order valence-corrected chi connectivity index (χ0v) is 19.2. The van der Waals surface area contributed by atoms with E-state index in [0.29, 0.717) is 6.54 Å². The van der Waals surface area contributed by atoms with Crippen molar-refractivity contribution in [2.45, 2.75) is 58.7 Å². The Kier molecular flexibility index (Phi) is 8.74. The normalized spacial score (nSPS) is 18.6. The van der Waals surface area contributed by atoms with Gasteiger partial charge in [0.05, 0.1) is 13.2 Å². The number of rotatable bonds is 6. The molecule has 1 saturated heterocycles. The Morgan fingerprint density at radius 2 is 1.93 bits per heavy atom. The fourth-order valence-corrected chi connectivity index (χ4v) is 3.56. The van der Waals surface area contributed by atoms with E-state index in [0.717, 1.165) is 70.0 Å². The lowest BCUT2D eigenvalue weighted by Crippen LogP contribution is -2.56. The molecule has 0 spiro atoms. The number of fused-ring (bicyclic) bond motifs is 1. The van der Waals surface area contributed by atoms with Crippen LogP contribution in [-0.4, -0.2) is 70.6 Å². The molecule has 3 heterocycles. The molecule has 154 valence electrons. The average Bonchev–Trinajstić information content (AvgIpc) is 3.08. The van der Waals surface area contributed by atoms with Gasteiger partial charge in [0.25, 0.3) is 0 Å². The summed E-state index contributed by atoms with van der Waals surface area (Å²) < 4.78 is 7.70. The van der Waals surface area contributed by atoms with Gasteiger partial charge in [-0.1, -0.05) is 0 Å². The Morgan fingerprint density at radius 3 is 2.67 bits per heavy atom. The van der Waals surface area contributed by atoms with E-state index in [1.807, 2.05) is 0 Å². The third-order valence-electron chi connectivity index (χ3n) is 5.21. The largest absolute Gasteiger partial charge is 0.379 e. The van der Waals surface area contributed by atoms with Crippen molar-refractivity contribution in [1.82, 2.24) is 30.3 Å². The van der Waals surface area contributed by atoms with Gasteiger partial charge >= 0.3 is 0 Å². The van der Waals surface area contributed by atoms with Gasteiger partial charge < -0.3 is 19.9 Å². The van der Waals surface area contributed by atoms with Crippen LogP contribution in [0.5, 0.6) is 0 Å². The third kappa shape index (κ3) is 6.02. The summed E-state index contributed by atoms with van der Waals surface area (Å²) in [7, 11) is 0. The van der Waals surface area contributed by atoms with Gasteiger partial charge in [-0.2, -0.15) is 0 Å². The van der Waals surface area contributed by atoms with Crippen LogP contribution in [-0.2, 0) is 24.2 Å². The van der Waals surface area contributed by atoms with Gasteiger partial charge in [0, 0.05) is 44.7 Å². The molecule has 0 aromatic carbocycles. The number of hydrogen-bond acceptors (Lipinski definition) is 5. The lowest BCUT2D eigenvalue weighted by Gasteiger charge is -2.41. The Morgan fingerprint density at radius 1 is 1.15 bits per heavy atom. The lowest BCUT2D eigenvalue weighted by molar-refractivity contribution is -0.00834. The highest BCUT2D eigenvalue weighted by Crippen LogP contribution is 2.16. The first-order valence-electron chi connectivity index (χ1n) is 9.86. The van der Waals surface area contributed by atoms with E-state index in [1.165, 1.54) is 12.8 Å². The molecule has 8 nitrogen and oxygen atoms in total. The third-order valence-corrected chi connectivity index (χ3v) is 5.21. The lowest BCUT2D eigenvalue weighted by atomic mass is 10.0. The van der Waals surface area contributed by atoms with Gasteiger partial charge in [-0.25, -0.2) is 4.99 Å². The van der Waals surface area contributed by atoms with Gasteiger partial charge in [-0.05, 0) is 33.6 Å². The Hall–Kier alpha value is -0.940. The summed E-state index contributed by atoms with van der Waals surface area (Å²) in [4.78, 5) is 7.21. The number of aliphatic imine (C=N–C) groups is 1. The fraction of sp³-hybridized carbons (Fsp3) is 0.833. The van der Waals surface area contributed by atoms with Gasteiger partial charge in [0.1, 0.15) is 12.4 Å². The highest BCUT2D eigenvalue weighted by molar-refractivity contribution is 14.0. The summed E-state index contributed by atoms with van der Waals surface area (Å²) in [5.74, 6) is 2.90. The van der Waals surface area contributed by atoms with Crippen molar-refractivity contribution < 1.29 is 4.74 Å². The summed E-state index contributed by atoms with van der Waals surface area (Å²) in [6.07, 6.45) is 3.44. The number of morpholine rings is 1. The molecule has 0 unspecified atom stereocenters. The number of hydrogen-bond donors (Lipinski definition) is 2. The molecule has 0 radical (unpaired) electrons. The highest BCUT2D eigenvalue weighted by Gasteiger charge is 2.28. The van der Waals surface area contributed by atoms with Gasteiger partial charge in [0.15, 0.2) is 11.8 Å². The van der Waals surface area contributed by atoms with Gasteiger partial charge in [-0.15, -0.1) is 34.2 Å². The minimum atomic E-state index is 0. The summed E-state index contributed by atoms with van der Waals surface area (Å²) in [6, 6.07) is 0. The van der Waals surface area contributed by atoms with Gasteiger partial charge in [0.2, 0.25) is 0 Å². The van der Waals surface area contributed by atoms with Crippen LogP contribution >= 0.6 is 24.0 Å². The second-order valence-corrected chi connectivity index (χ2v) is 7.60. The van der Waals surface area contributed by atoms with Crippen LogP contribution in [0, 0.1) is 0 Å². The van der Waals surface area contributed by atoms with Crippen LogP contribution in [0.3, 0.4) is 0 Å². The first kappa shape index (κ1) is 22.4. The Balaban J connectivity index is 0.00000261. The topological polar surface area (TPSA) is 79.6 Å². The number of nitrogens with one attached hydrogen (secondary N) is 2. The predicted molar refractivity (Wildman–Crippen MR) is 118 cm³/mol. The summed E-state index contributed by atoms with van der Waals surface area (Å²) in [6.45, 7) is 13.4. The molecule has 0 saturated carbocycles. The van der Waals surface area contributed by atoms with Crippen molar-refractivity contribution >= 4 is 29.9 Å². The zero-order valence-electron chi connectivity index (χ0n) is 16.8. The molecule has 9 heteroatoms. The molecule has 1 aromatic heterocycles. The van der Waals surface area contributed by atoms with Crippen molar-refractivity contribution in [3.8, 4) is 0 Å². The zero-order chi connectivity index (χ0) is 18.4. The second-order valence-electron chi connectivity index (χ2n) is 7.60. The number of aryl methyl sites for hydroxylation is 1. The molecule has 0 amide bonds. The van der Waals surface area contributed by atoms with Crippen molar-refractivity contribution in [3.05, 3.63) is 11.6 Å². The van der Waals surface area contributed by atoms with E-state index in [4.69, 9.17) is 9.73 Å². The molecular weight excluding hydrogens is 457 g/mol. The molecule has 1 aromatic rings. The molecular formula is C18H34IN7O. The molecule has 3 rings (SSSR count). The van der Waals surface area contributed by atoms with Crippen LogP contribution < -0.4 is 10.6 Å². The summed E-state index contributed by atoms with van der Waals surface area (Å²) in [5.41, 5.74) is 0.0496. The van der Waals surface area contributed by atoms with Gasteiger partial charge in [-0.3, -0.25) is 4.90 Å². The molecule has 0 atom stereocenters. The minimum Gasteiger partial charge on any atom is -0.379 e. The molecule has 0 bridgehead atoms. The van der Waals surface area contributed by atoms with Crippen molar-refractivity contribution in [2.24, 2.45) is 4.99 Å². The Bertz CT molecular complexity index is 611. The van der Waals surface area contributed by atoms with E-state index in [-0.39, 0.29) is 29.5 Å². The summed E-state index contributed by atoms with van der Waals surface area (Å²) in [5, 5.41) is 15.5. The van der Waals surface area contributed by atoms with Crippen molar-refractivity contribution in [3.63, 3.8) is 0 Å². The SMILES string of the molecule is CCNC(=NCc1nnc2n1CCCC2)NCC(C)(C)N1CCOCC1.I. The first-order chi connectivity index (χ1) is 12.6. The van der Waals surface area contributed by atoms with Crippen LogP contribution in [0.2, 0.25) is 0 Å². The maximum atomic E-state index is 5.47. The maximum absolute atomic E-state index is 5.47. The molecule has 0 aliphatic carbocycles. The van der Waals surface area contributed by atoms with E-state index >= 15 is 0 Å². The smallest absolute Gasteiger partial charge is 0.191 e. The van der Waals surface area contributed by atoms with E-state index in [1.54, 1.807) is 0 Å². The van der Waals surface area contributed by atoms with E-state index in [2.05, 4.69) is 51.1 Å². The van der Waals surface area contributed by atoms with Crippen LogP contribution in [0.25, 0.3) is 0 Å². The van der Waals surface area contributed by atoms with E-state index < -0.39 is 0 Å². The van der Waals surface area contributed by atoms with Crippen molar-refractivity contribution in [2.75, 3.05) is 39.4 Å². The summed E-state index contributed by atoms with van der Waals surface area (Å²) >= 11 is 0. The van der Waals surface area contributed by atoms with Crippen LogP contribution in [0.15, 0.2) is 4.99 Å². The standard InChI is InChI=1S/C18H33N7O.HI/c1-4-19-17(21-14-18(2,3)24-9-11-26-12-10-24)20-13-16-23-22-15-7-5-6-8-25(15)16;/h4-14H2,1-3H3,(H2,19,20,21);1H. The number of nitrogens with zero attached hydrogens (tertiary/aromatic N) is 5. The fourth-order valence-electron chi connectivity index (χ4n) is 3.56. The molecule has 27 heavy (non-hydrogen) atoms. The van der Waals surface area contributed by atoms with E-state index in [9.17, 15) is 0 Å². The number of aromatic nitrogens is 3. The second kappa shape index (κ2) is 10.6. The molecule has 2 N–H and O–H groups in total. The molecule has 1 fully saturated rings.